The number of hydrogen-bond acceptors (Lipinski definition) is 3. The summed E-state index contributed by atoms with van der Waals surface area (Å²) in [6, 6.07) is 19.3. The molecule has 1 heterocycles. The average Bonchev–Trinajstić information content (AvgIpc) is 2.50. The zero-order valence-electron chi connectivity index (χ0n) is 11.7. The summed E-state index contributed by atoms with van der Waals surface area (Å²) in [7, 11) is 0. The number of hydrogen-bond donors (Lipinski definition) is 2. The number of anilines is 2. The van der Waals surface area contributed by atoms with Crippen molar-refractivity contribution in [3.63, 3.8) is 0 Å². The minimum absolute atomic E-state index is 0.278. The van der Waals surface area contributed by atoms with Gasteiger partial charge in [0.25, 0.3) is 0 Å². The Labute approximate surface area is 123 Å². The smallest absolute Gasteiger partial charge is 0.116 e. The predicted molar refractivity (Wildman–Crippen MR) is 85.8 cm³/mol. The van der Waals surface area contributed by atoms with Crippen LogP contribution in [0.15, 0.2) is 66.9 Å². The maximum atomic E-state index is 9.53. The van der Waals surface area contributed by atoms with Gasteiger partial charge in [0.2, 0.25) is 0 Å². The van der Waals surface area contributed by atoms with E-state index in [0.717, 1.165) is 28.2 Å². The van der Waals surface area contributed by atoms with E-state index in [1.165, 1.54) is 0 Å². The summed E-state index contributed by atoms with van der Waals surface area (Å²) in [6.45, 7) is 1.97. The van der Waals surface area contributed by atoms with E-state index in [1.54, 1.807) is 12.1 Å². The summed E-state index contributed by atoms with van der Waals surface area (Å²) in [5.41, 5.74) is 5.03. The van der Waals surface area contributed by atoms with Crippen LogP contribution in [0.3, 0.4) is 0 Å². The molecule has 0 aliphatic rings. The average molecular weight is 276 g/mol. The highest BCUT2D eigenvalue weighted by molar-refractivity contribution is 5.69. The Balaban J connectivity index is 1.79. The fourth-order valence-corrected chi connectivity index (χ4v) is 2.14. The minimum atomic E-state index is 0.278. The third-order valence-corrected chi connectivity index (χ3v) is 3.26. The molecule has 0 amide bonds. The second-order valence-corrected chi connectivity index (χ2v) is 4.94. The molecule has 0 saturated carbocycles. The van der Waals surface area contributed by atoms with Gasteiger partial charge < -0.3 is 10.4 Å². The predicted octanol–water partition coefficient (Wildman–Crippen LogP) is 4.51. The van der Waals surface area contributed by atoms with E-state index in [9.17, 15) is 5.11 Å². The van der Waals surface area contributed by atoms with Crippen LogP contribution in [0, 0.1) is 6.92 Å². The molecule has 3 heteroatoms. The molecule has 1 aromatic heterocycles. The minimum Gasteiger partial charge on any atom is -0.508 e. The first-order valence-electron chi connectivity index (χ1n) is 6.80. The fraction of sp³-hybridized carbons (Fsp3) is 0.0556. The maximum Gasteiger partial charge on any atom is 0.116 e. The van der Waals surface area contributed by atoms with E-state index < -0.39 is 0 Å². The number of phenolic OH excluding ortho intramolecular Hbond substituents is 1. The van der Waals surface area contributed by atoms with Gasteiger partial charge in [0.1, 0.15) is 5.75 Å². The number of rotatable bonds is 3. The summed E-state index contributed by atoms with van der Waals surface area (Å²) in [5.74, 6) is 0.278. The highest BCUT2D eigenvalue weighted by atomic mass is 16.3. The second kappa shape index (κ2) is 5.67. The van der Waals surface area contributed by atoms with Crippen molar-refractivity contribution in [2.45, 2.75) is 6.92 Å². The summed E-state index contributed by atoms with van der Waals surface area (Å²) in [4.78, 5) is 4.26. The van der Waals surface area contributed by atoms with Gasteiger partial charge in [0.15, 0.2) is 0 Å². The Morgan fingerprint density at radius 3 is 2.29 bits per heavy atom. The largest absolute Gasteiger partial charge is 0.508 e. The molecule has 0 unspecified atom stereocenters. The molecular weight excluding hydrogens is 260 g/mol. The van der Waals surface area contributed by atoms with Crippen LogP contribution in [-0.4, -0.2) is 10.1 Å². The van der Waals surface area contributed by atoms with Gasteiger partial charge in [0.05, 0.1) is 11.9 Å². The summed E-state index contributed by atoms with van der Waals surface area (Å²) >= 11 is 0. The molecule has 3 aromatic rings. The number of aryl methyl sites for hydroxylation is 1. The van der Waals surface area contributed by atoms with Gasteiger partial charge in [0, 0.05) is 11.4 Å². The Morgan fingerprint density at radius 2 is 1.62 bits per heavy atom. The molecular formula is C18H16N2O. The van der Waals surface area contributed by atoms with Crippen LogP contribution in [0.1, 0.15) is 5.69 Å². The first kappa shape index (κ1) is 13.2. The lowest BCUT2D eigenvalue weighted by atomic mass is 10.1. The Kier molecular flexibility index (Phi) is 3.56. The quantitative estimate of drug-likeness (QED) is 0.740. The maximum absolute atomic E-state index is 9.53. The van der Waals surface area contributed by atoms with Crippen molar-refractivity contribution < 1.29 is 5.11 Å². The van der Waals surface area contributed by atoms with E-state index in [2.05, 4.69) is 10.3 Å². The van der Waals surface area contributed by atoms with E-state index in [0.29, 0.717) is 0 Å². The summed E-state index contributed by atoms with van der Waals surface area (Å²) < 4.78 is 0. The van der Waals surface area contributed by atoms with Crippen molar-refractivity contribution in [3.8, 4) is 16.9 Å². The van der Waals surface area contributed by atoms with Crippen LogP contribution >= 0.6 is 0 Å². The van der Waals surface area contributed by atoms with Gasteiger partial charge in [-0.05, 0) is 54.4 Å². The SMILES string of the molecule is Cc1ccc(Nc2ccc(-c3cccc(O)c3)cc2)cn1. The Bertz CT molecular complexity index is 734. The van der Waals surface area contributed by atoms with Gasteiger partial charge in [-0.25, -0.2) is 0 Å². The van der Waals surface area contributed by atoms with Crippen LogP contribution in [0.25, 0.3) is 11.1 Å². The van der Waals surface area contributed by atoms with Crippen molar-refractivity contribution in [3.05, 3.63) is 72.6 Å². The number of benzene rings is 2. The van der Waals surface area contributed by atoms with Gasteiger partial charge >= 0.3 is 0 Å². The monoisotopic (exact) mass is 276 g/mol. The Morgan fingerprint density at radius 1 is 0.857 bits per heavy atom. The molecule has 3 nitrogen and oxygen atoms in total. The standard InChI is InChI=1S/C18H16N2O/c1-13-5-8-17(12-19-13)20-16-9-6-14(7-10-16)15-3-2-4-18(21)11-15/h2-12,20-21H,1H3. The lowest BCUT2D eigenvalue weighted by Gasteiger charge is -2.08. The summed E-state index contributed by atoms with van der Waals surface area (Å²) in [5, 5.41) is 12.8. The van der Waals surface area contributed by atoms with Crippen LogP contribution in [0.2, 0.25) is 0 Å². The zero-order chi connectivity index (χ0) is 14.7. The van der Waals surface area contributed by atoms with E-state index in [4.69, 9.17) is 0 Å². The van der Waals surface area contributed by atoms with Crippen LogP contribution < -0.4 is 5.32 Å². The van der Waals surface area contributed by atoms with E-state index >= 15 is 0 Å². The third kappa shape index (κ3) is 3.20. The topological polar surface area (TPSA) is 45.1 Å². The van der Waals surface area contributed by atoms with Gasteiger partial charge in [-0.15, -0.1) is 0 Å². The molecule has 0 fully saturated rings. The van der Waals surface area contributed by atoms with Crippen molar-refractivity contribution in [2.24, 2.45) is 0 Å². The second-order valence-electron chi connectivity index (χ2n) is 4.94. The van der Waals surface area contributed by atoms with Crippen molar-refractivity contribution in [1.29, 1.82) is 0 Å². The van der Waals surface area contributed by atoms with Crippen LogP contribution in [0.5, 0.6) is 5.75 Å². The normalized spacial score (nSPS) is 10.3. The van der Waals surface area contributed by atoms with Gasteiger partial charge in [-0.3, -0.25) is 4.98 Å². The highest BCUT2D eigenvalue weighted by Gasteiger charge is 2.00. The van der Waals surface area contributed by atoms with E-state index in [1.807, 2.05) is 61.7 Å². The van der Waals surface area contributed by atoms with Gasteiger partial charge in [-0.2, -0.15) is 0 Å². The lowest BCUT2D eigenvalue weighted by Crippen LogP contribution is -1.91. The van der Waals surface area contributed by atoms with E-state index in [-0.39, 0.29) is 5.75 Å². The first-order chi connectivity index (χ1) is 10.2. The number of nitrogens with zero attached hydrogens (tertiary/aromatic N) is 1. The molecule has 0 saturated heterocycles. The third-order valence-electron chi connectivity index (χ3n) is 3.26. The number of nitrogens with one attached hydrogen (secondary N) is 1. The molecule has 21 heavy (non-hydrogen) atoms. The first-order valence-corrected chi connectivity index (χ1v) is 6.80. The molecule has 0 radical (unpaired) electrons. The highest BCUT2D eigenvalue weighted by Crippen LogP contribution is 2.25. The molecule has 104 valence electrons. The molecule has 0 bridgehead atoms. The molecule has 0 aliphatic heterocycles. The molecule has 0 aliphatic carbocycles. The number of phenols is 1. The number of aromatic hydroxyl groups is 1. The lowest BCUT2D eigenvalue weighted by molar-refractivity contribution is 0.475. The molecule has 3 rings (SSSR count). The van der Waals surface area contributed by atoms with Gasteiger partial charge in [-0.1, -0.05) is 24.3 Å². The molecule has 0 atom stereocenters. The zero-order valence-corrected chi connectivity index (χ0v) is 11.7. The molecule has 2 aromatic carbocycles. The number of pyridine rings is 1. The Hall–Kier alpha value is -2.81. The summed E-state index contributed by atoms with van der Waals surface area (Å²) in [6.07, 6.45) is 1.82. The molecule has 0 spiro atoms. The van der Waals surface area contributed by atoms with Crippen LogP contribution in [0.4, 0.5) is 11.4 Å². The fourth-order valence-electron chi connectivity index (χ4n) is 2.14. The number of aromatic nitrogens is 1. The van der Waals surface area contributed by atoms with Crippen LogP contribution in [-0.2, 0) is 0 Å². The molecule has 2 N–H and O–H groups in total. The van der Waals surface area contributed by atoms with Crippen molar-refractivity contribution in [1.82, 2.24) is 4.98 Å². The van der Waals surface area contributed by atoms with Crippen molar-refractivity contribution >= 4 is 11.4 Å². The van der Waals surface area contributed by atoms with Crippen molar-refractivity contribution in [2.75, 3.05) is 5.32 Å².